The fourth-order valence-electron chi connectivity index (χ4n) is 0.947. The van der Waals surface area contributed by atoms with Gasteiger partial charge < -0.3 is 10.5 Å². The van der Waals surface area contributed by atoms with Crippen molar-refractivity contribution >= 4 is 5.97 Å². The van der Waals surface area contributed by atoms with Crippen LogP contribution in [0.1, 0.15) is 19.5 Å². The molecule has 0 fully saturated rings. The van der Waals surface area contributed by atoms with E-state index >= 15 is 0 Å². The van der Waals surface area contributed by atoms with E-state index in [0.717, 1.165) is 0 Å². The number of aromatic nitrogens is 3. The molecule has 0 spiro atoms. The van der Waals surface area contributed by atoms with E-state index < -0.39 is 0 Å². The minimum atomic E-state index is -0.308. The van der Waals surface area contributed by atoms with Gasteiger partial charge in [0.1, 0.15) is 6.54 Å². The Morgan fingerprint density at radius 2 is 2.40 bits per heavy atom. The van der Waals surface area contributed by atoms with Crippen LogP contribution < -0.4 is 5.73 Å². The summed E-state index contributed by atoms with van der Waals surface area (Å²) in [6.45, 7) is 4.79. The summed E-state index contributed by atoms with van der Waals surface area (Å²) in [7, 11) is 0. The monoisotopic (exact) mass is 212 g/mol. The number of carbonyl (C=O) groups is 1. The molecule has 0 aromatic carbocycles. The summed E-state index contributed by atoms with van der Waals surface area (Å²) < 4.78 is 6.41. The summed E-state index contributed by atoms with van der Waals surface area (Å²) in [4.78, 5) is 11.3. The Hall–Kier alpha value is -1.43. The third kappa shape index (κ3) is 4.07. The van der Waals surface area contributed by atoms with E-state index in [4.69, 9.17) is 10.5 Å². The van der Waals surface area contributed by atoms with Crippen molar-refractivity contribution in [1.29, 1.82) is 0 Å². The Kier molecular flexibility index (Phi) is 4.23. The maximum absolute atomic E-state index is 11.3. The van der Waals surface area contributed by atoms with Crippen LogP contribution in [-0.2, 0) is 22.6 Å². The Bertz CT molecular complexity index is 322. The molecule has 6 heteroatoms. The van der Waals surface area contributed by atoms with Gasteiger partial charge in [0.05, 0.1) is 18.5 Å². The smallest absolute Gasteiger partial charge is 0.327 e. The standard InChI is InChI=1S/C9H16N4O2/c1-7(2)6-15-9(14)5-13-4-8(3-10)11-12-13/h4,7H,3,5-6,10H2,1-2H3. The fourth-order valence-corrected chi connectivity index (χ4v) is 0.947. The van der Waals surface area contributed by atoms with Crippen molar-refractivity contribution in [1.82, 2.24) is 15.0 Å². The molecule has 0 amide bonds. The number of nitrogens with zero attached hydrogens (tertiary/aromatic N) is 3. The Morgan fingerprint density at radius 1 is 1.67 bits per heavy atom. The molecule has 0 aliphatic rings. The van der Waals surface area contributed by atoms with E-state index in [-0.39, 0.29) is 12.5 Å². The van der Waals surface area contributed by atoms with Gasteiger partial charge in [0.2, 0.25) is 0 Å². The van der Waals surface area contributed by atoms with Crippen LogP contribution in [0.4, 0.5) is 0 Å². The first-order valence-corrected chi connectivity index (χ1v) is 4.86. The van der Waals surface area contributed by atoms with Crippen molar-refractivity contribution in [2.24, 2.45) is 11.7 Å². The van der Waals surface area contributed by atoms with Crippen LogP contribution >= 0.6 is 0 Å². The number of esters is 1. The highest BCUT2D eigenvalue weighted by atomic mass is 16.5. The number of rotatable bonds is 5. The normalized spacial score (nSPS) is 10.7. The molecule has 0 aliphatic carbocycles. The second-order valence-electron chi connectivity index (χ2n) is 3.69. The van der Waals surface area contributed by atoms with Gasteiger partial charge in [0, 0.05) is 6.54 Å². The average molecular weight is 212 g/mol. The molecule has 1 rings (SSSR count). The van der Waals surface area contributed by atoms with Crippen molar-refractivity contribution in [3.63, 3.8) is 0 Å². The van der Waals surface area contributed by atoms with E-state index in [0.29, 0.717) is 24.8 Å². The van der Waals surface area contributed by atoms with Gasteiger partial charge in [-0.05, 0) is 5.92 Å². The summed E-state index contributed by atoms with van der Waals surface area (Å²) in [5.74, 6) is 0.0291. The first kappa shape index (κ1) is 11.6. The van der Waals surface area contributed by atoms with Gasteiger partial charge in [0.15, 0.2) is 0 Å². The molecule has 2 N–H and O–H groups in total. The molecule has 0 saturated carbocycles. The second kappa shape index (κ2) is 5.45. The Balaban J connectivity index is 2.37. The van der Waals surface area contributed by atoms with Crippen molar-refractivity contribution in [3.8, 4) is 0 Å². The van der Waals surface area contributed by atoms with Gasteiger partial charge in [-0.25, -0.2) is 4.68 Å². The third-order valence-corrected chi connectivity index (χ3v) is 1.66. The number of hydrogen-bond acceptors (Lipinski definition) is 5. The quantitative estimate of drug-likeness (QED) is 0.691. The second-order valence-corrected chi connectivity index (χ2v) is 3.69. The van der Waals surface area contributed by atoms with Crippen LogP contribution in [0.2, 0.25) is 0 Å². The predicted octanol–water partition coefficient (Wildman–Crippen LogP) is -0.0640. The maximum atomic E-state index is 11.3. The molecule has 0 bridgehead atoms. The molecular formula is C9H16N4O2. The van der Waals surface area contributed by atoms with Crippen molar-refractivity contribution in [2.75, 3.05) is 6.61 Å². The van der Waals surface area contributed by atoms with Gasteiger partial charge in [-0.3, -0.25) is 4.79 Å². The minimum absolute atomic E-state index is 0.0831. The lowest BCUT2D eigenvalue weighted by Gasteiger charge is -2.06. The predicted molar refractivity (Wildman–Crippen MR) is 53.7 cm³/mol. The highest BCUT2D eigenvalue weighted by Gasteiger charge is 2.07. The molecule has 0 unspecified atom stereocenters. The molecule has 1 heterocycles. The zero-order valence-corrected chi connectivity index (χ0v) is 9.01. The van der Waals surface area contributed by atoms with Crippen LogP contribution in [0.3, 0.4) is 0 Å². The molecule has 84 valence electrons. The molecule has 0 saturated heterocycles. The molecule has 0 radical (unpaired) electrons. The Labute approximate surface area is 88.4 Å². The first-order chi connectivity index (χ1) is 7.11. The molecule has 1 aromatic rings. The highest BCUT2D eigenvalue weighted by Crippen LogP contribution is 1.96. The third-order valence-electron chi connectivity index (χ3n) is 1.66. The molecule has 0 atom stereocenters. The molecule has 6 nitrogen and oxygen atoms in total. The summed E-state index contributed by atoms with van der Waals surface area (Å²) in [5, 5.41) is 7.50. The van der Waals surface area contributed by atoms with Crippen molar-refractivity contribution in [3.05, 3.63) is 11.9 Å². The van der Waals surface area contributed by atoms with E-state index in [1.807, 2.05) is 13.8 Å². The molecule has 0 aliphatic heterocycles. The molecule has 1 aromatic heterocycles. The number of nitrogens with two attached hydrogens (primary N) is 1. The van der Waals surface area contributed by atoms with Crippen molar-refractivity contribution in [2.45, 2.75) is 26.9 Å². The van der Waals surface area contributed by atoms with Crippen molar-refractivity contribution < 1.29 is 9.53 Å². The van der Waals surface area contributed by atoms with Crippen LogP contribution in [0.25, 0.3) is 0 Å². The minimum Gasteiger partial charge on any atom is -0.464 e. The lowest BCUT2D eigenvalue weighted by molar-refractivity contribution is -0.145. The zero-order valence-electron chi connectivity index (χ0n) is 9.01. The van der Waals surface area contributed by atoms with Gasteiger partial charge >= 0.3 is 5.97 Å². The summed E-state index contributed by atoms with van der Waals surface area (Å²) >= 11 is 0. The van der Waals surface area contributed by atoms with Gasteiger partial charge in [-0.15, -0.1) is 5.10 Å². The number of carbonyl (C=O) groups excluding carboxylic acids is 1. The van der Waals surface area contributed by atoms with Gasteiger partial charge in [-0.2, -0.15) is 0 Å². The lowest BCUT2D eigenvalue weighted by Crippen LogP contribution is -2.16. The molecular weight excluding hydrogens is 196 g/mol. The SMILES string of the molecule is CC(C)COC(=O)Cn1cc(CN)nn1. The van der Waals surface area contributed by atoms with E-state index in [1.54, 1.807) is 6.20 Å². The van der Waals surface area contributed by atoms with Gasteiger partial charge in [-0.1, -0.05) is 19.1 Å². The number of ether oxygens (including phenoxy) is 1. The van der Waals surface area contributed by atoms with Gasteiger partial charge in [0.25, 0.3) is 0 Å². The van der Waals surface area contributed by atoms with Crippen LogP contribution in [-0.4, -0.2) is 27.6 Å². The summed E-state index contributed by atoms with van der Waals surface area (Å²) in [6.07, 6.45) is 1.64. The Morgan fingerprint density at radius 3 is 2.93 bits per heavy atom. The van der Waals surface area contributed by atoms with E-state index in [1.165, 1.54) is 4.68 Å². The summed E-state index contributed by atoms with van der Waals surface area (Å²) in [5.41, 5.74) is 6.02. The lowest BCUT2D eigenvalue weighted by atomic mass is 10.2. The molecule has 15 heavy (non-hydrogen) atoms. The van der Waals surface area contributed by atoms with Crippen LogP contribution in [0, 0.1) is 5.92 Å². The van der Waals surface area contributed by atoms with Crippen LogP contribution in [0.15, 0.2) is 6.20 Å². The summed E-state index contributed by atoms with van der Waals surface area (Å²) in [6, 6.07) is 0. The first-order valence-electron chi connectivity index (χ1n) is 4.86. The fraction of sp³-hybridized carbons (Fsp3) is 0.667. The number of hydrogen-bond donors (Lipinski definition) is 1. The highest BCUT2D eigenvalue weighted by molar-refractivity contribution is 5.68. The largest absolute Gasteiger partial charge is 0.464 e. The average Bonchev–Trinajstić information content (AvgIpc) is 2.62. The topological polar surface area (TPSA) is 83.0 Å². The van der Waals surface area contributed by atoms with E-state index in [2.05, 4.69) is 10.3 Å². The zero-order chi connectivity index (χ0) is 11.3. The van der Waals surface area contributed by atoms with E-state index in [9.17, 15) is 4.79 Å². The maximum Gasteiger partial charge on any atom is 0.327 e. The van der Waals surface area contributed by atoms with Crippen LogP contribution in [0.5, 0.6) is 0 Å².